The Morgan fingerprint density at radius 2 is 2.37 bits per heavy atom. The van der Waals surface area contributed by atoms with E-state index in [-0.39, 0.29) is 11.9 Å². The van der Waals surface area contributed by atoms with Crippen LogP contribution in [0.5, 0.6) is 0 Å². The summed E-state index contributed by atoms with van der Waals surface area (Å²) in [4.78, 5) is 14.1. The highest BCUT2D eigenvalue weighted by Gasteiger charge is 2.18. The van der Waals surface area contributed by atoms with E-state index in [0.717, 1.165) is 41.7 Å². The third-order valence-electron chi connectivity index (χ3n) is 3.35. The molecule has 1 aromatic rings. The summed E-state index contributed by atoms with van der Waals surface area (Å²) in [5.74, 6) is 0.0239. The predicted molar refractivity (Wildman–Crippen MR) is 81.2 cm³/mol. The smallest absolute Gasteiger partial charge is 0.238 e. The number of benzene rings is 1. The first-order valence-electron chi connectivity index (χ1n) is 6.58. The Kier molecular flexibility index (Phi) is 4.96. The molecule has 19 heavy (non-hydrogen) atoms. The number of piperidine rings is 1. The molecule has 4 nitrogen and oxygen atoms in total. The number of aryl methyl sites for hydroxylation is 1. The van der Waals surface area contributed by atoms with Crippen LogP contribution in [0.25, 0.3) is 0 Å². The molecule has 0 radical (unpaired) electrons. The van der Waals surface area contributed by atoms with E-state index >= 15 is 0 Å². The second-order valence-electron chi connectivity index (χ2n) is 5.15. The van der Waals surface area contributed by atoms with Crippen LogP contribution in [0.15, 0.2) is 22.7 Å². The Hall–Kier alpha value is -0.910. The van der Waals surface area contributed by atoms with Crippen molar-refractivity contribution < 1.29 is 4.79 Å². The molecule has 1 aromatic carbocycles. The SMILES string of the molecule is Cc1cc(NC(=O)CN2CCC[C@@H](N)C2)ccc1Br. The van der Waals surface area contributed by atoms with Gasteiger partial charge in [0.05, 0.1) is 6.54 Å². The number of carbonyl (C=O) groups is 1. The Morgan fingerprint density at radius 3 is 3.05 bits per heavy atom. The highest BCUT2D eigenvalue weighted by atomic mass is 79.9. The summed E-state index contributed by atoms with van der Waals surface area (Å²) in [6, 6.07) is 6.01. The molecule has 2 rings (SSSR count). The maximum absolute atomic E-state index is 12.0. The van der Waals surface area contributed by atoms with Crippen LogP contribution >= 0.6 is 15.9 Å². The van der Waals surface area contributed by atoms with Crippen molar-refractivity contribution in [1.29, 1.82) is 0 Å². The third-order valence-corrected chi connectivity index (χ3v) is 4.24. The number of anilines is 1. The summed E-state index contributed by atoms with van der Waals surface area (Å²) in [7, 11) is 0. The van der Waals surface area contributed by atoms with E-state index < -0.39 is 0 Å². The number of nitrogens with two attached hydrogens (primary N) is 1. The van der Waals surface area contributed by atoms with Gasteiger partial charge in [0.25, 0.3) is 0 Å². The minimum atomic E-state index is 0.0239. The minimum Gasteiger partial charge on any atom is -0.327 e. The van der Waals surface area contributed by atoms with Crippen LogP contribution < -0.4 is 11.1 Å². The predicted octanol–water partition coefficient (Wildman–Crippen LogP) is 2.12. The van der Waals surface area contributed by atoms with E-state index in [4.69, 9.17) is 5.73 Å². The van der Waals surface area contributed by atoms with Crippen LogP contribution in [0.4, 0.5) is 5.69 Å². The van der Waals surface area contributed by atoms with E-state index in [2.05, 4.69) is 26.1 Å². The Balaban J connectivity index is 1.88. The lowest BCUT2D eigenvalue weighted by Crippen LogP contribution is -2.45. The second kappa shape index (κ2) is 6.50. The van der Waals surface area contributed by atoms with Gasteiger partial charge >= 0.3 is 0 Å². The first kappa shape index (κ1) is 14.5. The highest BCUT2D eigenvalue weighted by Crippen LogP contribution is 2.20. The van der Waals surface area contributed by atoms with Gasteiger partial charge in [-0.15, -0.1) is 0 Å². The molecule has 0 unspecified atom stereocenters. The Labute approximate surface area is 122 Å². The Bertz CT molecular complexity index is 464. The number of hydrogen-bond donors (Lipinski definition) is 2. The molecule has 1 fully saturated rings. The largest absolute Gasteiger partial charge is 0.327 e. The molecular formula is C14H20BrN3O. The molecule has 104 valence electrons. The fourth-order valence-corrected chi connectivity index (χ4v) is 2.61. The van der Waals surface area contributed by atoms with Crippen molar-refractivity contribution in [2.75, 3.05) is 25.0 Å². The van der Waals surface area contributed by atoms with Gasteiger partial charge in [-0.25, -0.2) is 0 Å². The van der Waals surface area contributed by atoms with Crippen LogP contribution in [-0.2, 0) is 4.79 Å². The zero-order chi connectivity index (χ0) is 13.8. The quantitative estimate of drug-likeness (QED) is 0.894. The zero-order valence-corrected chi connectivity index (χ0v) is 12.7. The number of amides is 1. The molecule has 1 atom stereocenters. The first-order chi connectivity index (χ1) is 9.04. The monoisotopic (exact) mass is 325 g/mol. The number of likely N-dealkylation sites (tertiary alicyclic amines) is 1. The molecule has 1 aliphatic rings. The normalized spacial score (nSPS) is 20.3. The lowest BCUT2D eigenvalue weighted by Gasteiger charge is -2.29. The zero-order valence-electron chi connectivity index (χ0n) is 11.2. The van der Waals surface area contributed by atoms with Crippen molar-refractivity contribution in [1.82, 2.24) is 4.90 Å². The molecule has 3 N–H and O–H groups in total. The second-order valence-corrected chi connectivity index (χ2v) is 6.00. The molecule has 1 amide bonds. The van der Waals surface area contributed by atoms with Gasteiger partial charge in [0.2, 0.25) is 5.91 Å². The van der Waals surface area contributed by atoms with Crippen molar-refractivity contribution >= 4 is 27.5 Å². The first-order valence-corrected chi connectivity index (χ1v) is 7.38. The summed E-state index contributed by atoms with van der Waals surface area (Å²) < 4.78 is 1.05. The van der Waals surface area contributed by atoms with Gasteiger partial charge in [-0.3, -0.25) is 9.69 Å². The van der Waals surface area contributed by atoms with Gasteiger partial charge in [0.15, 0.2) is 0 Å². The number of rotatable bonds is 3. The maximum Gasteiger partial charge on any atom is 0.238 e. The van der Waals surface area contributed by atoms with E-state index in [9.17, 15) is 4.79 Å². The third kappa shape index (κ3) is 4.30. The number of carbonyl (C=O) groups excluding carboxylic acids is 1. The van der Waals surface area contributed by atoms with Crippen molar-refractivity contribution in [2.45, 2.75) is 25.8 Å². The van der Waals surface area contributed by atoms with Crippen molar-refractivity contribution in [3.63, 3.8) is 0 Å². The van der Waals surface area contributed by atoms with Crippen molar-refractivity contribution in [3.05, 3.63) is 28.2 Å². The average molecular weight is 326 g/mol. The van der Waals surface area contributed by atoms with E-state index in [1.54, 1.807) is 0 Å². The molecule has 0 aromatic heterocycles. The van der Waals surface area contributed by atoms with Gasteiger partial charge in [0.1, 0.15) is 0 Å². The molecule has 1 heterocycles. The average Bonchev–Trinajstić information content (AvgIpc) is 2.34. The molecule has 1 saturated heterocycles. The maximum atomic E-state index is 12.0. The number of nitrogens with zero attached hydrogens (tertiary/aromatic N) is 1. The van der Waals surface area contributed by atoms with E-state index in [0.29, 0.717) is 6.54 Å². The fourth-order valence-electron chi connectivity index (χ4n) is 2.36. The molecule has 0 bridgehead atoms. The van der Waals surface area contributed by atoms with Crippen LogP contribution in [0.3, 0.4) is 0 Å². The van der Waals surface area contributed by atoms with Gasteiger partial charge < -0.3 is 11.1 Å². The molecule has 1 aliphatic heterocycles. The topological polar surface area (TPSA) is 58.4 Å². The minimum absolute atomic E-state index is 0.0239. The van der Waals surface area contributed by atoms with Crippen LogP contribution in [0, 0.1) is 6.92 Å². The lowest BCUT2D eigenvalue weighted by atomic mass is 10.1. The van der Waals surface area contributed by atoms with Crippen LogP contribution in [0.2, 0.25) is 0 Å². The fraction of sp³-hybridized carbons (Fsp3) is 0.500. The number of nitrogens with one attached hydrogen (secondary N) is 1. The van der Waals surface area contributed by atoms with Crippen molar-refractivity contribution in [3.8, 4) is 0 Å². The van der Waals surface area contributed by atoms with E-state index in [1.165, 1.54) is 0 Å². The molecule has 0 saturated carbocycles. The summed E-state index contributed by atoms with van der Waals surface area (Å²) >= 11 is 3.45. The van der Waals surface area contributed by atoms with Gasteiger partial charge in [-0.05, 0) is 50.1 Å². The van der Waals surface area contributed by atoms with Crippen LogP contribution in [-0.4, -0.2) is 36.5 Å². The summed E-state index contributed by atoms with van der Waals surface area (Å²) in [5, 5.41) is 2.93. The van der Waals surface area contributed by atoms with E-state index in [1.807, 2.05) is 25.1 Å². The summed E-state index contributed by atoms with van der Waals surface area (Å²) in [6.07, 6.45) is 2.13. The molecular weight excluding hydrogens is 306 g/mol. The summed E-state index contributed by atoms with van der Waals surface area (Å²) in [5.41, 5.74) is 7.86. The number of hydrogen-bond acceptors (Lipinski definition) is 3. The van der Waals surface area contributed by atoms with Gasteiger partial charge in [0, 0.05) is 22.7 Å². The number of halogens is 1. The highest BCUT2D eigenvalue weighted by molar-refractivity contribution is 9.10. The van der Waals surface area contributed by atoms with Crippen molar-refractivity contribution in [2.24, 2.45) is 5.73 Å². The van der Waals surface area contributed by atoms with Crippen LogP contribution in [0.1, 0.15) is 18.4 Å². The van der Waals surface area contributed by atoms with Gasteiger partial charge in [-0.2, -0.15) is 0 Å². The lowest BCUT2D eigenvalue weighted by molar-refractivity contribution is -0.117. The standard InChI is InChI=1S/C14H20BrN3O/c1-10-7-12(4-5-13(10)15)17-14(19)9-18-6-2-3-11(16)8-18/h4-5,7,11H,2-3,6,8-9,16H2,1H3,(H,17,19)/t11-/m1/s1. The summed E-state index contributed by atoms with van der Waals surface area (Å²) in [6.45, 7) is 4.19. The molecule has 0 spiro atoms. The van der Waals surface area contributed by atoms with Gasteiger partial charge in [-0.1, -0.05) is 15.9 Å². The Morgan fingerprint density at radius 1 is 1.58 bits per heavy atom. The molecule has 5 heteroatoms. The molecule has 0 aliphatic carbocycles.